The maximum Gasteiger partial charge on any atom is 0.416 e. The van der Waals surface area contributed by atoms with Gasteiger partial charge in [0.1, 0.15) is 11.5 Å². The fourth-order valence-corrected chi connectivity index (χ4v) is 3.45. The predicted octanol–water partition coefficient (Wildman–Crippen LogP) is 5.35. The van der Waals surface area contributed by atoms with Crippen LogP contribution in [-0.2, 0) is 16.6 Å². The highest BCUT2D eigenvalue weighted by Gasteiger charge is 2.39. The molecule has 1 aromatic heterocycles. The number of alkyl halides is 3. The van der Waals surface area contributed by atoms with Crippen LogP contribution in [0, 0.1) is 0 Å². The molecule has 2 N–H and O–H groups in total. The Morgan fingerprint density at radius 1 is 0.824 bits per heavy atom. The van der Waals surface area contributed by atoms with Gasteiger partial charge in [-0.3, -0.25) is 4.79 Å². The average molecular weight is 464 g/mol. The maximum absolute atomic E-state index is 13.0. The average Bonchev–Trinajstić information content (AvgIpc) is 3.33. The molecule has 0 spiro atoms. The Labute approximate surface area is 193 Å². The van der Waals surface area contributed by atoms with Crippen molar-refractivity contribution in [3.05, 3.63) is 120 Å². The van der Waals surface area contributed by atoms with E-state index in [-0.39, 0.29) is 17.1 Å². The second kappa shape index (κ2) is 9.36. The van der Waals surface area contributed by atoms with Crippen LogP contribution in [0.5, 0.6) is 0 Å². The summed E-state index contributed by atoms with van der Waals surface area (Å²) in [7, 11) is 0. The van der Waals surface area contributed by atoms with Crippen molar-refractivity contribution in [2.75, 3.05) is 0 Å². The van der Waals surface area contributed by atoms with Crippen LogP contribution in [0.15, 0.2) is 107 Å². The van der Waals surface area contributed by atoms with E-state index >= 15 is 0 Å². The van der Waals surface area contributed by atoms with Crippen LogP contribution in [0.1, 0.15) is 22.5 Å². The standard InChI is InChI=1S/C26H19F3N2O3/c27-26(28,29)21-13-7-8-18(16-21)23-15-14-22(34-23)17-30-31-24(32)25(33,19-9-3-1-4-10-19)20-11-5-2-6-12-20/h1-17,33H,(H,31,32)/b30-17+. The van der Waals surface area contributed by atoms with E-state index in [0.29, 0.717) is 11.1 Å². The van der Waals surface area contributed by atoms with Crippen molar-refractivity contribution >= 4 is 12.1 Å². The zero-order chi connectivity index (χ0) is 24.2. The van der Waals surface area contributed by atoms with Crippen LogP contribution >= 0.6 is 0 Å². The third kappa shape index (κ3) is 4.77. The van der Waals surface area contributed by atoms with E-state index in [1.807, 2.05) is 0 Å². The van der Waals surface area contributed by atoms with E-state index in [0.717, 1.165) is 12.1 Å². The van der Waals surface area contributed by atoms with Gasteiger partial charge in [-0.1, -0.05) is 72.8 Å². The molecule has 8 heteroatoms. The number of hydrogen-bond donors (Lipinski definition) is 2. The summed E-state index contributed by atoms with van der Waals surface area (Å²) in [5.74, 6) is -0.370. The number of halogens is 3. The number of carbonyl (C=O) groups is 1. The highest BCUT2D eigenvalue weighted by atomic mass is 19.4. The van der Waals surface area contributed by atoms with Crippen molar-refractivity contribution in [1.29, 1.82) is 0 Å². The summed E-state index contributed by atoms with van der Waals surface area (Å²) in [5.41, 5.74) is 0.508. The van der Waals surface area contributed by atoms with Gasteiger partial charge in [-0.05, 0) is 35.4 Å². The van der Waals surface area contributed by atoms with Crippen molar-refractivity contribution in [2.45, 2.75) is 11.8 Å². The number of furan rings is 1. The Morgan fingerprint density at radius 2 is 1.41 bits per heavy atom. The van der Waals surface area contributed by atoms with Crippen LogP contribution in [0.25, 0.3) is 11.3 Å². The molecular formula is C26H19F3N2O3. The molecule has 0 atom stereocenters. The van der Waals surface area contributed by atoms with Gasteiger partial charge in [0, 0.05) is 5.56 Å². The van der Waals surface area contributed by atoms with Gasteiger partial charge in [-0.25, -0.2) is 5.43 Å². The monoisotopic (exact) mass is 464 g/mol. The predicted molar refractivity (Wildman–Crippen MR) is 121 cm³/mol. The molecule has 0 aliphatic heterocycles. The first-order valence-corrected chi connectivity index (χ1v) is 10.2. The van der Waals surface area contributed by atoms with E-state index in [2.05, 4.69) is 10.5 Å². The molecule has 0 aliphatic rings. The Kier molecular flexibility index (Phi) is 6.34. The highest BCUT2D eigenvalue weighted by Crippen LogP contribution is 2.33. The molecule has 0 radical (unpaired) electrons. The summed E-state index contributed by atoms with van der Waals surface area (Å²) < 4.78 is 44.4. The van der Waals surface area contributed by atoms with Crippen LogP contribution in [0.2, 0.25) is 0 Å². The van der Waals surface area contributed by atoms with Gasteiger partial charge >= 0.3 is 6.18 Å². The zero-order valence-electron chi connectivity index (χ0n) is 17.7. The lowest BCUT2D eigenvalue weighted by molar-refractivity contribution is -0.137. The quantitative estimate of drug-likeness (QED) is 0.298. The molecule has 5 nitrogen and oxygen atoms in total. The Bertz CT molecular complexity index is 1260. The van der Waals surface area contributed by atoms with Crippen molar-refractivity contribution in [3.8, 4) is 11.3 Å². The van der Waals surface area contributed by atoms with Gasteiger partial charge in [0.05, 0.1) is 11.8 Å². The van der Waals surface area contributed by atoms with Crippen LogP contribution in [0.3, 0.4) is 0 Å². The second-order valence-electron chi connectivity index (χ2n) is 7.42. The molecule has 4 rings (SSSR count). The number of amides is 1. The number of hydrazone groups is 1. The number of aliphatic hydroxyl groups is 1. The number of benzene rings is 3. The first kappa shape index (κ1) is 23.0. The molecule has 4 aromatic rings. The smallest absolute Gasteiger partial charge is 0.416 e. The number of nitrogens with zero attached hydrogens (tertiary/aromatic N) is 1. The molecular weight excluding hydrogens is 445 g/mol. The van der Waals surface area contributed by atoms with Crippen LogP contribution < -0.4 is 5.43 Å². The van der Waals surface area contributed by atoms with E-state index in [1.165, 1.54) is 30.5 Å². The fourth-order valence-electron chi connectivity index (χ4n) is 3.45. The van der Waals surface area contributed by atoms with Gasteiger partial charge in [0.15, 0.2) is 5.60 Å². The third-order valence-corrected chi connectivity index (χ3v) is 5.17. The Morgan fingerprint density at radius 3 is 2.00 bits per heavy atom. The number of rotatable bonds is 6. The molecule has 0 fully saturated rings. The molecule has 0 unspecified atom stereocenters. The van der Waals surface area contributed by atoms with E-state index in [1.54, 1.807) is 60.7 Å². The van der Waals surface area contributed by atoms with Gasteiger partial charge in [0.25, 0.3) is 5.91 Å². The topological polar surface area (TPSA) is 74.8 Å². The van der Waals surface area contributed by atoms with Crippen LogP contribution in [-0.4, -0.2) is 17.2 Å². The van der Waals surface area contributed by atoms with Crippen molar-refractivity contribution < 1.29 is 27.5 Å². The Balaban J connectivity index is 1.53. The first-order valence-electron chi connectivity index (χ1n) is 10.2. The number of carbonyl (C=O) groups excluding carboxylic acids is 1. The third-order valence-electron chi connectivity index (χ3n) is 5.17. The second-order valence-corrected chi connectivity index (χ2v) is 7.42. The van der Waals surface area contributed by atoms with Gasteiger partial charge in [0.2, 0.25) is 0 Å². The summed E-state index contributed by atoms with van der Waals surface area (Å²) in [5, 5.41) is 15.2. The van der Waals surface area contributed by atoms with Gasteiger partial charge in [-0.15, -0.1) is 0 Å². The van der Waals surface area contributed by atoms with Gasteiger partial charge < -0.3 is 9.52 Å². The summed E-state index contributed by atoms with van der Waals surface area (Å²) in [6, 6.07) is 24.6. The summed E-state index contributed by atoms with van der Waals surface area (Å²) in [6.45, 7) is 0. The Hall–Kier alpha value is -4.17. The lowest BCUT2D eigenvalue weighted by Gasteiger charge is -2.26. The molecule has 3 aromatic carbocycles. The normalized spacial score (nSPS) is 12.1. The molecule has 1 amide bonds. The fraction of sp³-hybridized carbons (Fsp3) is 0.0769. The number of hydrogen-bond acceptors (Lipinski definition) is 4. The molecule has 0 aliphatic carbocycles. The lowest BCUT2D eigenvalue weighted by atomic mass is 9.85. The minimum Gasteiger partial charge on any atom is -0.455 e. The van der Waals surface area contributed by atoms with Gasteiger partial charge in [-0.2, -0.15) is 18.3 Å². The first-order chi connectivity index (χ1) is 16.3. The highest BCUT2D eigenvalue weighted by molar-refractivity contribution is 5.91. The SMILES string of the molecule is O=C(N/N=C/c1ccc(-c2cccc(C(F)(F)F)c2)o1)C(O)(c1ccccc1)c1ccccc1. The molecule has 1 heterocycles. The maximum atomic E-state index is 13.0. The van der Waals surface area contributed by atoms with Crippen molar-refractivity contribution in [3.63, 3.8) is 0 Å². The minimum absolute atomic E-state index is 0.204. The largest absolute Gasteiger partial charge is 0.455 e. The molecule has 0 bridgehead atoms. The van der Waals surface area contributed by atoms with E-state index in [4.69, 9.17) is 4.42 Å². The minimum atomic E-state index is -4.47. The van der Waals surface area contributed by atoms with Crippen molar-refractivity contribution in [1.82, 2.24) is 5.43 Å². The summed E-state index contributed by atoms with van der Waals surface area (Å²) in [6.07, 6.45) is -3.27. The summed E-state index contributed by atoms with van der Waals surface area (Å²) in [4.78, 5) is 13.0. The van der Waals surface area contributed by atoms with Crippen molar-refractivity contribution in [2.24, 2.45) is 5.10 Å². The van der Waals surface area contributed by atoms with Crippen LogP contribution in [0.4, 0.5) is 13.2 Å². The molecule has 34 heavy (non-hydrogen) atoms. The molecule has 0 saturated heterocycles. The van der Waals surface area contributed by atoms with E-state index in [9.17, 15) is 23.1 Å². The number of nitrogens with one attached hydrogen (secondary N) is 1. The molecule has 172 valence electrons. The van der Waals surface area contributed by atoms with E-state index < -0.39 is 23.2 Å². The lowest BCUT2D eigenvalue weighted by Crippen LogP contribution is -2.43. The molecule has 0 saturated carbocycles. The zero-order valence-corrected chi connectivity index (χ0v) is 17.7. The summed E-state index contributed by atoms with van der Waals surface area (Å²) >= 11 is 0.